The van der Waals surface area contributed by atoms with E-state index >= 15 is 0 Å². The number of rotatable bonds is 4. The molecule has 0 unspecified atom stereocenters. The van der Waals surface area contributed by atoms with Gasteiger partial charge in [-0.15, -0.1) is 24.8 Å². The van der Waals surface area contributed by atoms with Crippen molar-refractivity contribution in [1.82, 2.24) is 10.2 Å². The van der Waals surface area contributed by atoms with Gasteiger partial charge in [0.1, 0.15) is 0 Å². The second-order valence-electron chi connectivity index (χ2n) is 4.41. The van der Waals surface area contributed by atoms with Gasteiger partial charge in [0.2, 0.25) is 5.91 Å². The van der Waals surface area contributed by atoms with E-state index in [-0.39, 0.29) is 36.8 Å². The maximum Gasteiger partial charge on any atom is 0.240 e. The van der Waals surface area contributed by atoms with E-state index in [0.717, 1.165) is 24.1 Å². The van der Waals surface area contributed by atoms with Gasteiger partial charge < -0.3 is 16.1 Å². The van der Waals surface area contributed by atoms with E-state index in [1.54, 1.807) is 6.21 Å². The van der Waals surface area contributed by atoms with Crippen molar-refractivity contribution in [2.45, 2.75) is 19.0 Å². The van der Waals surface area contributed by atoms with Crippen molar-refractivity contribution < 1.29 is 4.79 Å². The van der Waals surface area contributed by atoms with Crippen LogP contribution in [0.2, 0.25) is 0 Å². The molecule has 1 amide bonds. The monoisotopic (exact) mass is 318 g/mol. The van der Waals surface area contributed by atoms with E-state index in [4.69, 9.17) is 5.84 Å². The first-order valence-corrected chi connectivity index (χ1v) is 6.03. The summed E-state index contributed by atoms with van der Waals surface area (Å²) in [6.45, 7) is 1.45. The molecule has 1 aromatic carbocycles. The summed E-state index contributed by atoms with van der Waals surface area (Å²) in [6.07, 6.45) is 2.48. The van der Waals surface area contributed by atoms with Crippen molar-refractivity contribution in [1.29, 1.82) is 0 Å². The summed E-state index contributed by atoms with van der Waals surface area (Å²) >= 11 is 0. The van der Waals surface area contributed by atoms with Crippen LogP contribution in [-0.2, 0) is 11.3 Å². The van der Waals surface area contributed by atoms with Gasteiger partial charge in [0.05, 0.1) is 12.3 Å². The summed E-state index contributed by atoms with van der Waals surface area (Å²) in [5, 5.41) is 6.54. The number of hydrogen-bond acceptors (Lipinski definition) is 4. The SMILES string of the molecule is CN[C@H]1CCN(Cc2cccc(C=NN)c2)C1=O.Cl.Cl. The topological polar surface area (TPSA) is 70.7 Å². The van der Waals surface area contributed by atoms with Crippen LogP contribution in [0.15, 0.2) is 29.4 Å². The lowest BCUT2D eigenvalue weighted by atomic mass is 10.1. The Morgan fingerprint density at radius 1 is 1.50 bits per heavy atom. The lowest BCUT2D eigenvalue weighted by Crippen LogP contribution is -2.35. The lowest BCUT2D eigenvalue weighted by Gasteiger charge is -2.16. The predicted molar refractivity (Wildman–Crippen MR) is 85.6 cm³/mol. The number of hydrogen-bond donors (Lipinski definition) is 2. The van der Waals surface area contributed by atoms with E-state index in [9.17, 15) is 4.79 Å². The molecule has 0 aromatic heterocycles. The zero-order chi connectivity index (χ0) is 13.0. The van der Waals surface area contributed by atoms with Crippen LogP contribution in [0.3, 0.4) is 0 Å². The molecule has 1 heterocycles. The van der Waals surface area contributed by atoms with Gasteiger partial charge in [0.25, 0.3) is 0 Å². The van der Waals surface area contributed by atoms with Crippen LogP contribution in [0.25, 0.3) is 0 Å². The number of carbonyl (C=O) groups is 1. The second-order valence-corrected chi connectivity index (χ2v) is 4.41. The van der Waals surface area contributed by atoms with Gasteiger partial charge in [-0.1, -0.05) is 18.2 Å². The number of hydrazone groups is 1. The number of amides is 1. The van der Waals surface area contributed by atoms with Gasteiger partial charge in [-0.05, 0) is 30.7 Å². The fraction of sp³-hybridized carbons (Fsp3) is 0.385. The minimum absolute atomic E-state index is 0. The normalized spacial score (nSPS) is 17.9. The number of benzene rings is 1. The highest BCUT2D eigenvalue weighted by molar-refractivity contribution is 5.85. The standard InChI is InChI=1S/C13H18N4O.2ClH/c1-15-12-5-6-17(13(12)18)9-11-4-2-3-10(7-11)8-16-14;;/h2-4,7-8,12,15H,5-6,9,14H2,1H3;2*1H/t12-;;/m0../s1. The molecule has 1 aliphatic rings. The first kappa shape index (κ1) is 18.7. The quantitative estimate of drug-likeness (QED) is 0.497. The van der Waals surface area contributed by atoms with Crippen LogP contribution in [0.1, 0.15) is 17.5 Å². The molecule has 0 radical (unpaired) electrons. The third-order valence-electron chi connectivity index (χ3n) is 3.19. The molecule has 0 aliphatic carbocycles. The number of halogens is 2. The van der Waals surface area contributed by atoms with Crippen molar-refractivity contribution in [3.8, 4) is 0 Å². The minimum Gasteiger partial charge on any atom is -0.337 e. The Kier molecular flexibility index (Phi) is 8.22. The van der Waals surface area contributed by atoms with Gasteiger partial charge in [-0.2, -0.15) is 5.10 Å². The van der Waals surface area contributed by atoms with E-state index < -0.39 is 0 Å². The highest BCUT2D eigenvalue weighted by Gasteiger charge is 2.29. The van der Waals surface area contributed by atoms with Crippen molar-refractivity contribution in [2.24, 2.45) is 10.9 Å². The molecule has 0 bridgehead atoms. The molecule has 3 N–H and O–H groups in total. The van der Waals surface area contributed by atoms with Crippen LogP contribution < -0.4 is 11.2 Å². The average molecular weight is 319 g/mol. The van der Waals surface area contributed by atoms with Crippen molar-refractivity contribution in [2.75, 3.05) is 13.6 Å². The zero-order valence-electron chi connectivity index (χ0n) is 11.3. The highest BCUT2D eigenvalue weighted by atomic mass is 35.5. The third-order valence-corrected chi connectivity index (χ3v) is 3.19. The summed E-state index contributed by atoms with van der Waals surface area (Å²) in [5.74, 6) is 5.31. The lowest BCUT2D eigenvalue weighted by molar-refractivity contribution is -0.129. The Bertz CT molecular complexity index is 467. The number of nitrogens with zero attached hydrogens (tertiary/aromatic N) is 2. The Morgan fingerprint density at radius 3 is 2.85 bits per heavy atom. The molecular weight excluding hydrogens is 299 g/mol. The molecular formula is C13H20Cl2N4O. The second kappa shape index (κ2) is 8.79. The number of likely N-dealkylation sites (tertiary alicyclic amines) is 1. The minimum atomic E-state index is -0.0289. The van der Waals surface area contributed by atoms with E-state index in [1.165, 1.54) is 0 Å². The first-order chi connectivity index (χ1) is 8.74. The summed E-state index contributed by atoms with van der Waals surface area (Å²) in [6, 6.07) is 7.85. The maximum atomic E-state index is 12.0. The van der Waals surface area contributed by atoms with Crippen LogP contribution in [0, 0.1) is 0 Å². The molecule has 1 atom stereocenters. The van der Waals surface area contributed by atoms with E-state index in [0.29, 0.717) is 6.54 Å². The highest BCUT2D eigenvalue weighted by Crippen LogP contribution is 2.15. The van der Waals surface area contributed by atoms with Gasteiger partial charge in [0.15, 0.2) is 0 Å². The van der Waals surface area contributed by atoms with E-state index in [1.807, 2.05) is 36.2 Å². The predicted octanol–water partition coefficient (Wildman–Crippen LogP) is 1.14. The largest absolute Gasteiger partial charge is 0.337 e. The number of carbonyl (C=O) groups excluding carboxylic acids is 1. The Labute approximate surface area is 131 Å². The zero-order valence-corrected chi connectivity index (χ0v) is 12.9. The molecule has 112 valence electrons. The molecule has 1 aliphatic heterocycles. The molecule has 0 saturated carbocycles. The van der Waals surface area contributed by atoms with Crippen LogP contribution >= 0.6 is 24.8 Å². The molecule has 2 rings (SSSR count). The fourth-order valence-corrected chi connectivity index (χ4v) is 2.24. The molecule has 7 heteroatoms. The smallest absolute Gasteiger partial charge is 0.240 e. The molecule has 5 nitrogen and oxygen atoms in total. The fourth-order valence-electron chi connectivity index (χ4n) is 2.24. The third kappa shape index (κ3) is 4.37. The van der Waals surface area contributed by atoms with Crippen LogP contribution in [0.5, 0.6) is 0 Å². The number of likely N-dealkylation sites (N-methyl/N-ethyl adjacent to an activating group) is 1. The molecule has 1 fully saturated rings. The maximum absolute atomic E-state index is 12.0. The van der Waals surface area contributed by atoms with Crippen molar-refractivity contribution >= 4 is 36.9 Å². The Hall–Kier alpha value is -1.30. The summed E-state index contributed by atoms with van der Waals surface area (Å²) in [4.78, 5) is 13.8. The molecule has 20 heavy (non-hydrogen) atoms. The number of nitrogens with two attached hydrogens (primary N) is 1. The van der Waals surface area contributed by atoms with E-state index in [2.05, 4.69) is 10.4 Å². The molecule has 1 saturated heterocycles. The first-order valence-electron chi connectivity index (χ1n) is 6.03. The number of nitrogens with one attached hydrogen (secondary N) is 1. The van der Waals surface area contributed by atoms with Gasteiger partial charge in [0, 0.05) is 13.1 Å². The van der Waals surface area contributed by atoms with Crippen molar-refractivity contribution in [3.63, 3.8) is 0 Å². The summed E-state index contributed by atoms with van der Waals surface area (Å²) in [5.41, 5.74) is 2.05. The summed E-state index contributed by atoms with van der Waals surface area (Å²) < 4.78 is 0. The van der Waals surface area contributed by atoms with Gasteiger partial charge in [-0.25, -0.2) is 0 Å². The average Bonchev–Trinajstić information content (AvgIpc) is 2.71. The Balaban J connectivity index is 0.00000180. The summed E-state index contributed by atoms with van der Waals surface area (Å²) in [7, 11) is 1.82. The van der Waals surface area contributed by atoms with Crippen LogP contribution in [-0.4, -0.2) is 36.7 Å². The van der Waals surface area contributed by atoms with Crippen molar-refractivity contribution in [3.05, 3.63) is 35.4 Å². The van der Waals surface area contributed by atoms with Gasteiger partial charge in [-0.3, -0.25) is 4.79 Å². The Morgan fingerprint density at radius 2 is 2.25 bits per heavy atom. The molecule has 1 aromatic rings. The van der Waals surface area contributed by atoms with Crippen LogP contribution in [0.4, 0.5) is 0 Å². The van der Waals surface area contributed by atoms with Gasteiger partial charge >= 0.3 is 0 Å². The molecule has 0 spiro atoms.